The number of aliphatic hydroxyl groups excluding tert-OH is 1. The Morgan fingerprint density at radius 2 is 2.06 bits per heavy atom. The lowest BCUT2D eigenvalue weighted by Gasteiger charge is -2.16. The third-order valence-corrected chi connectivity index (χ3v) is 5.56. The second-order valence-corrected chi connectivity index (χ2v) is 8.17. The lowest BCUT2D eigenvalue weighted by molar-refractivity contribution is 0.152. The molecule has 0 aliphatic carbocycles. The molecular formula is C14H23NOS2. The molecule has 1 atom stereocenters. The van der Waals surface area contributed by atoms with Crippen LogP contribution in [0.2, 0.25) is 0 Å². The predicted molar refractivity (Wildman–Crippen MR) is 80.6 cm³/mol. The summed E-state index contributed by atoms with van der Waals surface area (Å²) >= 11 is 3.62. The van der Waals surface area contributed by atoms with Gasteiger partial charge in [-0.25, -0.2) is 0 Å². The van der Waals surface area contributed by atoms with Crippen LogP contribution in [0.3, 0.4) is 0 Å². The molecule has 102 valence electrons. The minimum atomic E-state index is -0.280. The normalized spacial score (nSPS) is 18.7. The van der Waals surface area contributed by atoms with Gasteiger partial charge in [-0.3, -0.25) is 0 Å². The highest BCUT2D eigenvalue weighted by atomic mass is 32.2. The Hall–Kier alpha value is -0.0300. The molecule has 1 aromatic heterocycles. The van der Waals surface area contributed by atoms with Gasteiger partial charge in [0.05, 0.1) is 10.3 Å². The summed E-state index contributed by atoms with van der Waals surface area (Å²) in [5.41, 5.74) is 0. The van der Waals surface area contributed by atoms with Crippen LogP contribution in [0.15, 0.2) is 16.3 Å². The Balaban J connectivity index is 1.80. The van der Waals surface area contributed by atoms with Crippen LogP contribution in [-0.4, -0.2) is 34.9 Å². The number of thiophene rings is 1. The van der Waals surface area contributed by atoms with Crippen LogP contribution in [0.4, 0.5) is 0 Å². The molecule has 2 nitrogen and oxygen atoms in total. The lowest BCUT2D eigenvalue weighted by atomic mass is 10.2. The smallest absolute Gasteiger partial charge is 0.0894 e. The van der Waals surface area contributed by atoms with Crippen molar-refractivity contribution in [3.8, 4) is 0 Å². The highest BCUT2D eigenvalue weighted by Gasteiger charge is 2.16. The van der Waals surface area contributed by atoms with Crippen LogP contribution >= 0.6 is 23.1 Å². The molecule has 0 bridgehead atoms. The molecule has 0 spiro atoms. The van der Waals surface area contributed by atoms with Crippen molar-refractivity contribution in [3.63, 3.8) is 0 Å². The molecule has 2 heterocycles. The summed E-state index contributed by atoms with van der Waals surface area (Å²) < 4.78 is 1.32. The van der Waals surface area contributed by atoms with Gasteiger partial charge in [-0.2, -0.15) is 0 Å². The van der Waals surface area contributed by atoms with E-state index in [0.29, 0.717) is 5.25 Å². The zero-order valence-corrected chi connectivity index (χ0v) is 12.9. The van der Waals surface area contributed by atoms with Crippen LogP contribution < -0.4 is 0 Å². The fourth-order valence-corrected chi connectivity index (χ4v) is 4.69. The van der Waals surface area contributed by atoms with Gasteiger partial charge < -0.3 is 10.0 Å². The zero-order valence-electron chi connectivity index (χ0n) is 11.3. The SMILES string of the molecule is CC(C)Sc1ccc(C(O)CCN2CCCC2)s1. The van der Waals surface area contributed by atoms with Gasteiger partial charge >= 0.3 is 0 Å². The quantitative estimate of drug-likeness (QED) is 0.805. The highest BCUT2D eigenvalue weighted by Crippen LogP contribution is 2.34. The fraction of sp³-hybridized carbons (Fsp3) is 0.714. The average molecular weight is 285 g/mol. The van der Waals surface area contributed by atoms with Gasteiger partial charge in [0, 0.05) is 16.7 Å². The number of hydrogen-bond acceptors (Lipinski definition) is 4. The first-order valence-corrected chi connectivity index (χ1v) is 8.51. The minimum absolute atomic E-state index is 0.280. The maximum atomic E-state index is 10.2. The van der Waals surface area contributed by atoms with E-state index < -0.39 is 0 Å². The van der Waals surface area contributed by atoms with Crippen LogP contribution in [0.25, 0.3) is 0 Å². The van der Waals surface area contributed by atoms with Crippen molar-refractivity contribution in [2.45, 2.75) is 48.7 Å². The summed E-state index contributed by atoms with van der Waals surface area (Å²) in [5, 5.41) is 10.8. The van der Waals surface area contributed by atoms with E-state index in [-0.39, 0.29) is 6.10 Å². The van der Waals surface area contributed by atoms with Gasteiger partial charge in [-0.1, -0.05) is 13.8 Å². The minimum Gasteiger partial charge on any atom is -0.388 e. The second-order valence-electron chi connectivity index (χ2n) is 5.18. The number of thioether (sulfide) groups is 1. The van der Waals surface area contributed by atoms with Crippen molar-refractivity contribution >= 4 is 23.1 Å². The summed E-state index contributed by atoms with van der Waals surface area (Å²) in [6, 6.07) is 4.23. The van der Waals surface area contributed by atoms with E-state index >= 15 is 0 Å². The Kier molecular flexibility index (Phi) is 5.55. The maximum absolute atomic E-state index is 10.2. The molecule has 1 aliphatic heterocycles. The highest BCUT2D eigenvalue weighted by molar-refractivity contribution is 8.01. The third-order valence-electron chi connectivity index (χ3n) is 3.20. The molecule has 1 fully saturated rings. The molecule has 1 aliphatic rings. The van der Waals surface area contributed by atoms with Crippen LogP contribution in [-0.2, 0) is 0 Å². The van der Waals surface area contributed by atoms with Crippen LogP contribution in [0.1, 0.15) is 44.1 Å². The zero-order chi connectivity index (χ0) is 13.0. The fourth-order valence-electron chi connectivity index (χ4n) is 2.26. The van der Waals surface area contributed by atoms with E-state index in [0.717, 1.165) is 17.8 Å². The molecule has 1 unspecified atom stereocenters. The molecule has 0 radical (unpaired) electrons. The Bertz CT molecular complexity index is 358. The molecule has 0 amide bonds. The van der Waals surface area contributed by atoms with E-state index in [1.807, 2.05) is 11.8 Å². The molecule has 18 heavy (non-hydrogen) atoms. The van der Waals surface area contributed by atoms with E-state index in [1.54, 1.807) is 11.3 Å². The van der Waals surface area contributed by atoms with E-state index in [2.05, 4.69) is 30.9 Å². The summed E-state index contributed by atoms with van der Waals surface area (Å²) in [6.07, 6.45) is 3.23. The first kappa shape index (κ1) is 14.4. The molecular weight excluding hydrogens is 262 g/mol. The van der Waals surface area contributed by atoms with Gasteiger partial charge in [0.15, 0.2) is 0 Å². The van der Waals surface area contributed by atoms with Crippen molar-refractivity contribution in [2.24, 2.45) is 0 Å². The lowest BCUT2D eigenvalue weighted by Crippen LogP contribution is -2.21. The topological polar surface area (TPSA) is 23.5 Å². The Labute approximate surface area is 118 Å². The monoisotopic (exact) mass is 285 g/mol. The van der Waals surface area contributed by atoms with Crippen molar-refractivity contribution in [1.82, 2.24) is 4.90 Å². The largest absolute Gasteiger partial charge is 0.388 e. The summed E-state index contributed by atoms with van der Waals surface area (Å²) in [6.45, 7) is 7.87. The first-order valence-electron chi connectivity index (χ1n) is 6.82. The maximum Gasteiger partial charge on any atom is 0.0894 e. The van der Waals surface area contributed by atoms with Gasteiger partial charge in [0.2, 0.25) is 0 Å². The summed E-state index contributed by atoms with van der Waals surface area (Å²) in [5.74, 6) is 0. The van der Waals surface area contributed by atoms with Gasteiger partial charge in [0.25, 0.3) is 0 Å². The van der Waals surface area contributed by atoms with Gasteiger partial charge in [-0.05, 0) is 44.5 Å². The number of likely N-dealkylation sites (tertiary alicyclic amines) is 1. The van der Waals surface area contributed by atoms with E-state index in [1.165, 1.54) is 30.1 Å². The second kappa shape index (κ2) is 6.94. The van der Waals surface area contributed by atoms with Gasteiger partial charge in [-0.15, -0.1) is 23.1 Å². The standard InChI is InChI=1S/C14H23NOS2/c1-11(2)17-14-6-5-13(18-14)12(16)7-10-15-8-3-4-9-15/h5-6,11-12,16H,3-4,7-10H2,1-2H3. The number of hydrogen-bond donors (Lipinski definition) is 1. The Morgan fingerprint density at radius 3 is 2.72 bits per heavy atom. The first-order chi connectivity index (χ1) is 8.65. The van der Waals surface area contributed by atoms with Crippen molar-refractivity contribution < 1.29 is 5.11 Å². The summed E-state index contributed by atoms with van der Waals surface area (Å²) in [4.78, 5) is 3.58. The number of rotatable bonds is 6. The molecule has 1 aromatic rings. The van der Waals surface area contributed by atoms with Crippen molar-refractivity contribution in [1.29, 1.82) is 0 Å². The van der Waals surface area contributed by atoms with E-state index in [9.17, 15) is 5.11 Å². The van der Waals surface area contributed by atoms with Crippen LogP contribution in [0.5, 0.6) is 0 Å². The molecule has 4 heteroatoms. The molecule has 1 saturated heterocycles. The molecule has 0 aromatic carbocycles. The number of nitrogens with zero attached hydrogens (tertiary/aromatic N) is 1. The van der Waals surface area contributed by atoms with E-state index in [4.69, 9.17) is 0 Å². The van der Waals surface area contributed by atoms with Crippen LogP contribution in [0, 0.1) is 0 Å². The number of aliphatic hydroxyl groups is 1. The molecule has 2 rings (SSSR count). The van der Waals surface area contributed by atoms with Crippen molar-refractivity contribution in [2.75, 3.05) is 19.6 Å². The third kappa shape index (κ3) is 4.26. The predicted octanol–water partition coefficient (Wildman–Crippen LogP) is 3.77. The average Bonchev–Trinajstić information content (AvgIpc) is 2.95. The Morgan fingerprint density at radius 1 is 1.33 bits per heavy atom. The van der Waals surface area contributed by atoms with Gasteiger partial charge in [0.1, 0.15) is 0 Å². The summed E-state index contributed by atoms with van der Waals surface area (Å²) in [7, 11) is 0. The molecule has 1 N–H and O–H groups in total. The van der Waals surface area contributed by atoms with Crippen molar-refractivity contribution in [3.05, 3.63) is 17.0 Å². The molecule has 0 saturated carbocycles.